The number of halogens is 3. The minimum atomic E-state index is -1.11. The number of primary amides is 1. The van der Waals surface area contributed by atoms with E-state index in [2.05, 4.69) is 0 Å². The van der Waals surface area contributed by atoms with Crippen LogP contribution in [0.1, 0.15) is 58.6 Å². The van der Waals surface area contributed by atoms with Gasteiger partial charge < -0.3 is 25.2 Å². The molecule has 0 saturated carbocycles. The van der Waals surface area contributed by atoms with Gasteiger partial charge in [-0.3, -0.25) is 19.2 Å². The van der Waals surface area contributed by atoms with Crippen molar-refractivity contribution in [2.24, 2.45) is 11.1 Å². The van der Waals surface area contributed by atoms with Crippen molar-refractivity contribution in [3.63, 3.8) is 0 Å². The van der Waals surface area contributed by atoms with Gasteiger partial charge in [-0.15, -0.1) is 0 Å². The second-order valence-electron chi connectivity index (χ2n) is 9.84. The van der Waals surface area contributed by atoms with Crippen molar-refractivity contribution in [3.8, 4) is 5.75 Å². The van der Waals surface area contributed by atoms with E-state index in [9.17, 15) is 37.5 Å². The van der Waals surface area contributed by atoms with E-state index in [1.54, 1.807) is 0 Å². The number of carbonyl (C=O) groups excluding carboxylic acids is 3. The van der Waals surface area contributed by atoms with Crippen LogP contribution in [0.4, 0.5) is 13.2 Å². The van der Waals surface area contributed by atoms with Crippen LogP contribution >= 0.6 is 0 Å². The predicted molar refractivity (Wildman–Crippen MR) is 118 cm³/mol. The van der Waals surface area contributed by atoms with Gasteiger partial charge in [-0.1, -0.05) is 0 Å². The minimum absolute atomic E-state index is 0.0327. The zero-order valence-electron chi connectivity index (χ0n) is 19.3. The fourth-order valence-electron chi connectivity index (χ4n) is 5.82. The predicted octanol–water partition coefficient (Wildman–Crippen LogP) is 1.67. The average molecular weight is 504 g/mol. The number of rotatable bonds is 3. The SMILES string of the molecule is C[C@H]1CC[C@]2(CC(=O)N(Cc3c(F)cc(F)cc3F)C2)[C@H]2CN1C(=O)c1c(O)c(=O)c(C(N)=O)cn12. The van der Waals surface area contributed by atoms with Crippen molar-refractivity contribution in [3.05, 3.63) is 62.8 Å². The number of benzene rings is 1. The van der Waals surface area contributed by atoms with Crippen molar-refractivity contribution >= 4 is 17.7 Å². The van der Waals surface area contributed by atoms with E-state index in [0.29, 0.717) is 25.0 Å². The van der Waals surface area contributed by atoms with E-state index in [1.807, 2.05) is 6.92 Å². The first kappa shape index (κ1) is 23.9. The Hall–Kier alpha value is -3.83. The molecule has 2 bridgehead atoms. The zero-order chi connectivity index (χ0) is 26.1. The molecule has 2 fully saturated rings. The molecule has 1 aromatic carbocycles. The number of fused-ring (bicyclic) bond motifs is 5. The Morgan fingerprint density at radius 1 is 1.19 bits per heavy atom. The Morgan fingerprint density at radius 3 is 2.50 bits per heavy atom. The van der Waals surface area contributed by atoms with Gasteiger partial charge in [0.25, 0.3) is 11.8 Å². The highest BCUT2D eigenvalue weighted by Crippen LogP contribution is 2.51. The van der Waals surface area contributed by atoms with Crippen LogP contribution in [0.15, 0.2) is 23.1 Å². The van der Waals surface area contributed by atoms with Gasteiger partial charge >= 0.3 is 0 Å². The second-order valence-corrected chi connectivity index (χ2v) is 9.84. The van der Waals surface area contributed by atoms with Gasteiger partial charge in [0, 0.05) is 54.9 Å². The molecule has 2 aromatic rings. The summed E-state index contributed by atoms with van der Waals surface area (Å²) in [6.07, 6.45) is 2.04. The van der Waals surface area contributed by atoms with Crippen LogP contribution in [0.2, 0.25) is 0 Å². The molecule has 1 aromatic heterocycles. The summed E-state index contributed by atoms with van der Waals surface area (Å²) in [5.41, 5.74) is 2.18. The largest absolute Gasteiger partial charge is 0.503 e. The molecule has 3 atom stereocenters. The molecule has 9 nitrogen and oxygen atoms in total. The topological polar surface area (TPSA) is 126 Å². The first-order valence-corrected chi connectivity index (χ1v) is 11.4. The van der Waals surface area contributed by atoms with E-state index < -0.39 is 75.5 Å². The summed E-state index contributed by atoms with van der Waals surface area (Å²) in [7, 11) is 0. The average Bonchev–Trinajstić information content (AvgIpc) is 3.06. The van der Waals surface area contributed by atoms with Gasteiger partial charge in [-0.25, -0.2) is 13.2 Å². The number of aromatic hydroxyl groups is 1. The van der Waals surface area contributed by atoms with Crippen LogP contribution in [0.3, 0.4) is 0 Å². The number of amides is 3. The monoisotopic (exact) mass is 504 g/mol. The fraction of sp³-hybridized carbons (Fsp3) is 0.417. The van der Waals surface area contributed by atoms with Crippen molar-refractivity contribution in [2.75, 3.05) is 13.1 Å². The van der Waals surface area contributed by atoms with Crippen LogP contribution in [0.5, 0.6) is 5.75 Å². The van der Waals surface area contributed by atoms with Crippen LogP contribution in [0, 0.1) is 22.9 Å². The summed E-state index contributed by atoms with van der Waals surface area (Å²) >= 11 is 0. The summed E-state index contributed by atoms with van der Waals surface area (Å²) in [5, 5.41) is 10.6. The lowest BCUT2D eigenvalue weighted by atomic mass is 9.75. The molecule has 0 unspecified atom stereocenters. The lowest BCUT2D eigenvalue weighted by Gasteiger charge is -2.43. The van der Waals surface area contributed by atoms with E-state index in [-0.39, 0.29) is 31.2 Å². The van der Waals surface area contributed by atoms with E-state index in [4.69, 9.17) is 5.73 Å². The lowest BCUT2D eigenvalue weighted by Crippen LogP contribution is -2.50. The zero-order valence-corrected chi connectivity index (χ0v) is 19.3. The third-order valence-corrected chi connectivity index (χ3v) is 7.76. The highest BCUT2D eigenvalue weighted by Gasteiger charge is 2.54. The normalized spacial score (nSPS) is 25.3. The minimum Gasteiger partial charge on any atom is -0.503 e. The summed E-state index contributed by atoms with van der Waals surface area (Å²) < 4.78 is 43.3. The molecule has 36 heavy (non-hydrogen) atoms. The van der Waals surface area contributed by atoms with Gasteiger partial charge in [0.2, 0.25) is 11.3 Å². The quantitative estimate of drug-likeness (QED) is 0.658. The van der Waals surface area contributed by atoms with E-state index in [1.165, 1.54) is 14.4 Å². The fourth-order valence-corrected chi connectivity index (χ4v) is 5.82. The maximum Gasteiger partial charge on any atom is 0.274 e. The molecular formula is C24H23F3N4O5. The number of likely N-dealkylation sites (tertiary alicyclic amines) is 1. The Balaban J connectivity index is 1.60. The maximum absolute atomic E-state index is 14.3. The standard InChI is InChI=1S/C24H23F3N4O5/c1-11-2-3-24(6-18(32)29(10-24)7-13-15(26)4-12(25)5-16(13)27)17-9-30(11)23(36)19-21(34)20(33)14(22(28)35)8-31(17)19/h4-5,8,11,17,34H,2-3,6-7,9-10H2,1H3,(H2,28,35)/t11-,17+,24+/m0/s1. The molecule has 3 aliphatic rings. The molecule has 0 aliphatic carbocycles. The van der Waals surface area contributed by atoms with Gasteiger partial charge in [0.15, 0.2) is 11.4 Å². The molecular weight excluding hydrogens is 481 g/mol. The maximum atomic E-state index is 14.3. The second kappa shape index (κ2) is 8.10. The molecule has 2 saturated heterocycles. The van der Waals surface area contributed by atoms with Gasteiger partial charge in [0.1, 0.15) is 23.0 Å². The van der Waals surface area contributed by atoms with Gasteiger partial charge in [-0.05, 0) is 19.8 Å². The Bertz CT molecular complexity index is 1370. The third kappa shape index (κ3) is 3.46. The molecule has 12 heteroatoms. The third-order valence-electron chi connectivity index (χ3n) is 7.76. The Kier molecular flexibility index (Phi) is 5.38. The number of hydrogen-bond donors (Lipinski definition) is 2. The van der Waals surface area contributed by atoms with E-state index >= 15 is 0 Å². The first-order valence-electron chi connectivity index (χ1n) is 11.4. The highest BCUT2D eigenvalue weighted by atomic mass is 19.1. The van der Waals surface area contributed by atoms with Crippen molar-refractivity contribution in [2.45, 2.75) is 44.8 Å². The van der Waals surface area contributed by atoms with Crippen LogP contribution in [-0.2, 0) is 11.3 Å². The number of hydrogen-bond acceptors (Lipinski definition) is 5. The molecule has 3 amide bonds. The van der Waals surface area contributed by atoms with Crippen LogP contribution in [-0.4, -0.2) is 56.3 Å². The molecule has 3 aliphatic heterocycles. The Labute approximate surface area is 202 Å². The molecule has 1 spiro atoms. The molecule has 3 N–H and O–H groups in total. The lowest BCUT2D eigenvalue weighted by molar-refractivity contribution is -0.128. The number of pyridine rings is 1. The van der Waals surface area contributed by atoms with Gasteiger partial charge in [-0.2, -0.15) is 0 Å². The Morgan fingerprint density at radius 2 is 1.86 bits per heavy atom. The van der Waals surface area contributed by atoms with Crippen LogP contribution < -0.4 is 11.2 Å². The number of nitrogens with zero attached hydrogens (tertiary/aromatic N) is 3. The smallest absolute Gasteiger partial charge is 0.274 e. The van der Waals surface area contributed by atoms with Crippen LogP contribution in [0.25, 0.3) is 0 Å². The van der Waals surface area contributed by atoms with Crippen molar-refractivity contribution in [1.29, 1.82) is 0 Å². The highest BCUT2D eigenvalue weighted by molar-refractivity contribution is 5.99. The van der Waals surface area contributed by atoms with Gasteiger partial charge in [0.05, 0.1) is 12.6 Å². The number of aromatic nitrogens is 1. The molecule has 0 radical (unpaired) electrons. The molecule has 190 valence electrons. The van der Waals surface area contributed by atoms with E-state index in [0.717, 1.165) is 6.20 Å². The number of nitrogens with two attached hydrogens (primary N) is 1. The first-order chi connectivity index (χ1) is 16.9. The summed E-state index contributed by atoms with van der Waals surface area (Å²) in [4.78, 5) is 53.5. The van der Waals surface area contributed by atoms with Crippen molar-refractivity contribution < 1.29 is 32.7 Å². The number of carbonyl (C=O) groups is 3. The summed E-state index contributed by atoms with van der Waals surface area (Å²) in [6, 6.07) is 0.173. The summed E-state index contributed by atoms with van der Waals surface area (Å²) in [6.45, 7) is 1.58. The van der Waals surface area contributed by atoms with Crippen molar-refractivity contribution in [1.82, 2.24) is 14.4 Å². The molecule has 4 heterocycles. The molecule has 5 rings (SSSR count). The summed E-state index contributed by atoms with van der Waals surface area (Å²) in [5.74, 6) is -6.24.